The van der Waals surface area contributed by atoms with Crippen LogP contribution in [0.2, 0.25) is 5.02 Å². The van der Waals surface area contributed by atoms with E-state index in [1.165, 1.54) is 0 Å². The molecule has 26 heavy (non-hydrogen) atoms. The molecule has 3 rings (SSSR count). The number of nitrogens with one attached hydrogen (secondary N) is 2. The zero-order valence-electron chi connectivity index (χ0n) is 15.0. The summed E-state index contributed by atoms with van der Waals surface area (Å²) in [6.07, 6.45) is 0. The van der Waals surface area contributed by atoms with E-state index in [4.69, 9.17) is 16.3 Å². The van der Waals surface area contributed by atoms with Crippen LogP contribution in [0.25, 0.3) is 0 Å². The fraction of sp³-hybridized carbons (Fsp3) is 0.200. The molecule has 2 N–H and O–H groups in total. The molecule has 0 radical (unpaired) electrons. The topological polar surface area (TPSA) is 59.1 Å². The number of hydrogen-bond acceptors (Lipinski definition) is 5. The minimum Gasteiger partial charge on any atom is -0.496 e. The summed E-state index contributed by atoms with van der Waals surface area (Å²) in [5, 5.41) is 7.33. The molecule has 0 saturated carbocycles. The van der Waals surface area contributed by atoms with Gasteiger partial charge in [0.25, 0.3) is 0 Å². The molecule has 6 heteroatoms. The number of aromatic nitrogens is 2. The Bertz CT molecular complexity index is 914. The lowest BCUT2D eigenvalue weighted by Gasteiger charge is -2.13. The molecule has 1 heterocycles. The van der Waals surface area contributed by atoms with Crippen LogP contribution in [0.5, 0.6) is 5.75 Å². The van der Waals surface area contributed by atoms with Crippen molar-refractivity contribution in [3.05, 3.63) is 70.5 Å². The van der Waals surface area contributed by atoms with Crippen molar-refractivity contribution in [3.8, 4) is 5.75 Å². The minimum atomic E-state index is 0.607. The Morgan fingerprint density at radius 3 is 2.58 bits per heavy atom. The van der Waals surface area contributed by atoms with Crippen molar-refractivity contribution < 1.29 is 4.74 Å². The summed E-state index contributed by atoms with van der Waals surface area (Å²) in [6, 6.07) is 15.5. The number of rotatable bonds is 6. The Labute approximate surface area is 158 Å². The molecule has 0 saturated heterocycles. The van der Waals surface area contributed by atoms with E-state index in [2.05, 4.69) is 20.6 Å². The highest BCUT2D eigenvalue weighted by Gasteiger charge is 2.07. The standard InChI is InChI=1S/C20H21ClN4O/c1-13-8-9-16(21)10-17(13)25-20-11-19(23-14(2)24-20)22-12-15-6-4-5-7-18(15)26-3/h4-11H,12H2,1-3H3,(H2,22,23,24,25). The van der Waals surface area contributed by atoms with E-state index in [1.807, 2.05) is 62.4 Å². The van der Waals surface area contributed by atoms with E-state index < -0.39 is 0 Å². The molecule has 0 spiro atoms. The van der Waals surface area contributed by atoms with E-state index in [0.717, 1.165) is 28.4 Å². The minimum absolute atomic E-state index is 0.607. The van der Waals surface area contributed by atoms with Crippen LogP contribution in [0.1, 0.15) is 17.0 Å². The Hall–Kier alpha value is -2.79. The highest BCUT2D eigenvalue weighted by atomic mass is 35.5. The first-order chi connectivity index (χ1) is 12.5. The van der Waals surface area contributed by atoms with Crippen molar-refractivity contribution in [2.75, 3.05) is 17.7 Å². The van der Waals surface area contributed by atoms with Crippen molar-refractivity contribution in [2.45, 2.75) is 20.4 Å². The third-order valence-corrected chi connectivity index (χ3v) is 4.19. The normalized spacial score (nSPS) is 10.5. The summed E-state index contributed by atoms with van der Waals surface area (Å²) in [7, 11) is 1.67. The second-order valence-electron chi connectivity index (χ2n) is 5.94. The van der Waals surface area contributed by atoms with Gasteiger partial charge in [0.05, 0.1) is 7.11 Å². The zero-order valence-corrected chi connectivity index (χ0v) is 15.8. The summed E-state index contributed by atoms with van der Waals surface area (Å²) >= 11 is 6.09. The second kappa shape index (κ2) is 8.06. The van der Waals surface area contributed by atoms with Crippen LogP contribution in [0.3, 0.4) is 0 Å². The molecular formula is C20H21ClN4O. The Balaban J connectivity index is 1.78. The number of benzene rings is 2. The van der Waals surface area contributed by atoms with Gasteiger partial charge in [-0.1, -0.05) is 35.9 Å². The van der Waals surface area contributed by atoms with Crippen LogP contribution in [-0.2, 0) is 6.54 Å². The fourth-order valence-electron chi connectivity index (χ4n) is 2.62. The lowest BCUT2D eigenvalue weighted by molar-refractivity contribution is 0.410. The number of ether oxygens (including phenoxy) is 1. The third kappa shape index (κ3) is 4.43. The van der Waals surface area contributed by atoms with Gasteiger partial charge in [0.2, 0.25) is 0 Å². The second-order valence-corrected chi connectivity index (χ2v) is 6.37. The van der Waals surface area contributed by atoms with E-state index in [-0.39, 0.29) is 0 Å². The average molecular weight is 369 g/mol. The molecule has 5 nitrogen and oxygen atoms in total. The average Bonchev–Trinajstić information content (AvgIpc) is 2.63. The third-order valence-electron chi connectivity index (χ3n) is 3.95. The van der Waals surface area contributed by atoms with Crippen LogP contribution < -0.4 is 15.4 Å². The molecule has 1 aromatic heterocycles. The fourth-order valence-corrected chi connectivity index (χ4v) is 2.80. The van der Waals surface area contributed by atoms with Gasteiger partial charge in [-0.05, 0) is 37.6 Å². The van der Waals surface area contributed by atoms with E-state index >= 15 is 0 Å². The lowest BCUT2D eigenvalue weighted by atomic mass is 10.2. The quantitative estimate of drug-likeness (QED) is 0.633. The first-order valence-electron chi connectivity index (χ1n) is 8.30. The molecule has 2 aromatic carbocycles. The van der Waals surface area contributed by atoms with E-state index in [1.54, 1.807) is 7.11 Å². The highest BCUT2D eigenvalue weighted by Crippen LogP contribution is 2.25. The predicted molar refractivity (Wildman–Crippen MR) is 107 cm³/mol. The maximum Gasteiger partial charge on any atom is 0.136 e. The van der Waals surface area contributed by atoms with Crippen LogP contribution in [0.4, 0.5) is 17.3 Å². The van der Waals surface area contributed by atoms with Gasteiger partial charge < -0.3 is 15.4 Å². The Morgan fingerprint density at radius 2 is 1.77 bits per heavy atom. The molecule has 0 atom stereocenters. The van der Waals surface area contributed by atoms with Gasteiger partial charge in [-0.2, -0.15) is 0 Å². The summed E-state index contributed by atoms with van der Waals surface area (Å²) in [4.78, 5) is 8.92. The van der Waals surface area contributed by atoms with Crippen LogP contribution >= 0.6 is 11.6 Å². The molecule has 0 unspecified atom stereocenters. The number of hydrogen-bond donors (Lipinski definition) is 2. The first-order valence-corrected chi connectivity index (χ1v) is 8.67. The Kier molecular flexibility index (Phi) is 5.58. The molecular weight excluding hydrogens is 348 g/mol. The van der Waals surface area contributed by atoms with Crippen LogP contribution in [0.15, 0.2) is 48.5 Å². The number of halogens is 1. The number of aryl methyl sites for hydroxylation is 2. The van der Waals surface area contributed by atoms with Gasteiger partial charge in [0.1, 0.15) is 23.2 Å². The SMILES string of the molecule is COc1ccccc1CNc1cc(Nc2cc(Cl)ccc2C)nc(C)n1. The van der Waals surface area contributed by atoms with Gasteiger partial charge in [-0.25, -0.2) is 9.97 Å². The smallest absolute Gasteiger partial charge is 0.136 e. The van der Waals surface area contributed by atoms with Gasteiger partial charge in [-0.3, -0.25) is 0 Å². The Morgan fingerprint density at radius 1 is 1.00 bits per heavy atom. The zero-order chi connectivity index (χ0) is 18.5. The van der Waals surface area contributed by atoms with Gasteiger partial charge in [-0.15, -0.1) is 0 Å². The van der Waals surface area contributed by atoms with Gasteiger partial charge in [0.15, 0.2) is 0 Å². The summed E-state index contributed by atoms with van der Waals surface area (Å²) in [6.45, 7) is 4.49. The van der Waals surface area contributed by atoms with Crippen molar-refractivity contribution >= 4 is 28.9 Å². The van der Waals surface area contributed by atoms with Gasteiger partial charge in [0, 0.05) is 28.9 Å². The molecule has 0 fully saturated rings. The number of methoxy groups -OCH3 is 1. The molecule has 0 bridgehead atoms. The summed E-state index contributed by atoms with van der Waals surface area (Å²) < 4.78 is 5.39. The number of anilines is 3. The van der Waals surface area contributed by atoms with Crippen molar-refractivity contribution in [2.24, 2.45) is 0 Å². The molecule has 0 aliphatic carbocycles. The first kappa shape index (κ1) is 18.0. The molecule has 0 aliphatic rings. The molecule has 3 aromatic rings. The lowest BCUT2D eigenvalue weighted by Crippen LogP contribution is -2.06. The predicted octanol–water partition coefficient (Wildman–Crippen LogP) is 5.11. The summed E-state index contributed by atoms with van der Waals surface area (Å²) in [5.41, 5.74) is 3.08. The van der Waals surface area contributed by atoms with Crippen molar-refractivity contribution in [1.29, 1.82) is 0 Å². The van der Waals surface area contributed by atoms with E-state index in [9.17, 15) is 0 Å². The maximum absolute atomic E-state index is 6.09. The molecule has 0 aliphatic heterocycles. The van der Waals surface area contributed by atoms with Gasteiger partial charge >= 0.3 is 0 Å². The van der Waals surface area contributed by atoms with Crippen LogP contribution in [-0.4, -0.2) is 17.1 Å². The monoisotopic (exact) mass is 368 g/mol. The molecule has 134 valence electrons. The largest absolute Gasteiger partial charge is 0.496 e. The number of para-hydroxylation sites is 1. The van der Waals surface area contributed by atoms with Crippen LogP contribution in [0, 0.1) is 13.8 Å². The van der Waals surface area contributed by atoms with E-state index in [0.29, 0.717) is 23.2 Å². The summed E-state index contributed by atoms with van der Waals surface area (Å²) in [5.74, 6) is 2.98. The maximum atomic E-state index is 6.09. The molecule has 0 amide bonds. The highest BCUT2D eigenvalue weighted by molar-refractivity contribution is 6.30. The van der Waals surface area contributed by atoms with Crippen molar-refractivity contribution in [1.82, 2.24) is 9.97 Å². The van der Waals surface area contributed by atoms with Crippen molar-refractivity contribution in [3.63, 3.8) is 0 Å². The number of nitrogens with zero attached hydrogens (tertiary/aromatic N) is 2.